The van der Waals surface area contributed by atoms with Gasteiger partial charge in [-0.15, -0.1) is 0 Å². The Kier molecular flexibility index (Phi) is 5.06. The Bertz CT molecular complexity index is 522. The number of carbonyl (C=O) groups excluding carboxylic acids is 1. The van der Waals surface area contributed by atoms with Crippen LogP contribution in [0.5, 0.6) is 0 Å². The molecule has 0 heterocycles. The van der Waals surface area contributed by atoms with E-state index in [4.69, 9.17) is 0 Å². The van der Waals surface area contributed by atoms with Gasteiger partial charge in [-0.25, -0.2) is 8.42 Å². The number of hydrogen-bond donors (Lipinski definition) is 0. The van der Waals surface area contributed by atoms with E-state index in [0.717, 1.165) is 15.3 Å². The molecule has 0 atom stereocenters. The number of hydrogen-bond acceptors (Lipinski definition) is 4. The highest BCUT2D eigenvalue weighted by molar-refractivity contribution is 7.92. The summed E-state index contributed by atoms with van der Waals surface area (Å²) in [6.07, 6.45) is 1.48. The number of methoxy groups -OCH3 is 1. The summed E-state index contributed by atoms with van der Waals surface area (Å²) < 4.78 is 28.9. The maximum atomic E-state index is 11.8. The number of esters is 1. The zero-order valence-corrected chi connectivity index (χ0v) is 11.1. The fourth-order valence-corrected chi connectivity index (χ4v) is 1.99. The van der Waals surface area contributed by atoms with Crippen molar-refractivity contribution in [1.29, 1.82) is 0 Å². The second-order valence-corrected chi connectivity index (χ2v) is 5.52. The molecule has 5 nitrogen and oxygen atoms in total. The van der Waals surface area contributed by atoms with Gasteiger partial charge < -0.3 is 4.74 Å². The summed E-state index contributed by atoms with van der Waals surface area (Å²) in [5.74, 6) is -0.603. The minimum atomic E-state index is -3.61. The SMILES string of the molecule is COC(=O)CN(C)S(=O)(=O)/C=C/c1ccccc1. The molecule has 0 radical (unpaired) electrons. The van der Waals surface area contributed by atoms with Crippen LogP contribution in [0.2, 0.25) is 0 Å². The van der Waals surface area contributed by atoms with Crippen molar-refractivity contribution in [2.75, 3.05) is 20.7 Å². The van der Waals surface area contributed by atoms with Crippen molar-refractivity contribution in [3.63, 3.8) is 0 Å². The number of benzene rings is 1. The molecule has 18 heavy (non-hydrogen) atoms. The Morgan fingerprint density at radius 3 is 2.50 bits per heavy atom. The van der Waals surface area contributed by atoms with Crippen molar-refractivity contribution in [2.24, 2.45) is 0 Å². The monoisotopic (exact) mass is 269 g/mol. The van der Waals surface area contributed by atoms with Gasteiger partial charge in [-0.1, -0.05) is 30.3 Å². The topological polar surface area (TPSA) is 63.7 Å². The molecular weight excluding hydrogens is 254 g/mol. The minimum Gasteiger partial charge on any atom is -0.468 e. The Morgan fingerprint density at radius 1 is 1.33 bits per heavy atom. The van der Waals surface area contributed by atoms with E-state index in [9.17, 15) is 13.2 Å². The van der Waals surface area contributed by atoms with Crippen LogP contribution in [0.3, 0.4) is 0 Å². The van der Waals surface area contributed by atoms with Gasteiger partial charge in [0.25, 0.3) is 0 Å². The van der Waals surface area contributed by atoms with E-state index in [1.165, 1.54) is 20.2 Å². The minimum absolute atomic E-state index is 0.308. The molecule has 1 rings (SSSR count). The Morgan fingerprint density at radius 2 is 1.94 bits per heavy atom. The summed E-state index contributed by atoms with van der Waals surface area (Å²) in [6.45, 7) is -0.308. The van der Waals surface area contributed by atoms with Crippen LogP contribution < -0.4 is 0 Å². The van der Waals surface area contributed by atoms with Gasteiger partial charge in [0.2, 0.25) is 10.0 Å². The molecule has 0 aliphatic heterocycles. The first-order valence-corrected chi connectivity index (χ1v) is 6.72. The highest BCUT2D eigenvalue weighted by Gasteiger charge is 2.17. The Labute approximate surface area is 107 Å². The summed E-state index contributed by atoms with van der Waals surface area (Å²) in [6, 6.07) is 9.03. The van der Waals surface area contributed by atoms with Crippen molar-refractivity contribution >= 4 is 22.1 Å². The molecule has 6 heteroatoms. The van der Waals surface area contributed by atoms with Crippen molar-refractivity contribution < 1.29 is 17.9 Å². The third kappa shape index (κ3) is 4.31. The molecule has 0 saturated carbocycles. The average molecular weight is 269 g/mol. The average Bonchev–Trinajstić information content (AvgIpc) is 2.37. The lowest BCUT2D eigenvalue weighted by Crippen LogP contribution is -2.31. The van der Waals surface area contributed by atoms with Crippen molar-refractivity contribution in [3.05, 3.63) is 41.3 Å². The van der Waals surface area contributed by atoms with Crippen LogP contribution in [0.25, 0.3) is 6.08 Å². The summed E-state index contributed by atoms with van der Waals surface area (Å²) in [7, 11) is -1.08. The Balaban J connectivity index is 2.76. The van der Waals surface area contributed by atoms with Crippen LogP contribution in [0.1, 0.15) is 5.56 Å². The van der Waals surface area contributed by atoms with E-state index < -0.39 is 16.0 Å². The summed E-state index contributed by atoms with van der Waals surface area (Å²) in [5, 5.41) is 1.06. The summed E-state index contributed by atoms with van der Waals surface area (Å²) in [4.78, 5) is 11.0. The molecule has 0 N–H and O–H groups in total. The van der Waals surface area contributed by atoms with E-state index in [1.54, 1.807) is 12.1 Å². The zero-order valence-electron chi connectivity index (χ0n) is 10.2. The van der Waals surface area contributed by atoms with Gasteiger partial charge in [-0.3, -0.25) is 4.79 Å². The molecule has 98 valence electrons. The van der Waals surface area contributed by atoms with Crippen LogP contribution in [0, 0.1) is 0 Å². The maximum Gasteiger partial charge on any atom is 0.321 e. The highest BCUT2D eigenvalue weighted by atomic mass is 32.2. The molecule has 0 unspecified atom stereocenters. The largest absolute Gasteiger partial charge is 0.468 e. The fraction of sp³-hybridized carbons (Fsp3) is 0.250. The second-order valence-electron chi connectivity index (χ2n) is 3.59. The first kappa shape index (κ1) is 14.4. The summed E-state index contributed by atoms with van der Waals surface area (Å²) in [5.41, 5.74) is 0.771. The van der Waals surface area contributed by atoms with Gasteiger partial charge in [0.05, 0.1) is 7.11 Å². The van der Waals surface area contributed by atoms with E-state index in [0.29, 0.717) is 0 Å². The van der Waals surface area contributed by atoms with Crippen molar-refractivity contribution in [3.8, 4) is 0 Å². The van der Waals surface area contributed by atoms with Gasteiger partial charge in [0.1, 0.15) is 6.54 Å². The maximum absolute atomic E-state index is 11.8. The standard InChI is InChI=1S/C12H15NO4S/c1-13(10-12(14)17-2)18(15,16)9-8-11-6-4-3-5-7-11/h3-9H,10H2,1-2H3/b9-8+. The number of ether oxygens (including phenoxy) is 1. The molecule has 0 aliphatic carbocycles. The lowest BCUT2D eigenvalue weighted by molar-refractivity contribution is -0.140. The molecule has 0 bridgehead atoms. The van der Waals surface area contributed by atoms with Crippen LogP contribution in [-0.2, 0) is 19.6 Å². The van der Waals surface area contributed by atoms with Crippen molar-refractivity contribution in [2.45, 2.75) is 0 Å². The third-order valence-electron chi connectivity index (χ3n) is 2.25. The van der Waals surface area contributed by atoms with Gasteiger partial charge in [-0.05, 0) is 11.6 Å². The highest BCUT2D eigenvalue weighted by Crippen LogP contribution is 2.06. The van der Waals surface area contributed by atoms with Crippen LogP contribution >= 0.6 is 0 Å². The number of likely N-dealkylation sites (N-methyl/N-ethyl adjacent to an activating group) is 1. The van der Waals surface area contributed by atoms with Crippen molar-refractivity contribution in [1.82, 2.24) is 4.31 Å². The normalized spacial score (nSPS) is 11.9. The van der Waals surface area contributed by atoms with Gasteiger partial charge in [0.15, 0.2) is 0 Å². The molecule has 0 fully saturated rings. The van der Waals surface area contributed by atoms with Crippen LogP contribution in [0.4, 0.5) is 0 Å². The molecule has 1 aromatic carbocycles. The zero-order chi connectivity index (χ0) is 13.6. The number of rotatable bonds is 5. The van der Waals surface area contributed by atoms with Gasteiger partial charge in [-0.2, -0.15) is 4.31 Å². The molecule has 0 spiro atoms. The lowest BCUT2D eigenvalue weighted by Gasteiger charge is -2.12. The first-order valence-electron chi connectivity index (χ1n) is 5.22. The second kappa shape index (κ2) is 6.32. The third-order valence-corrected chi connectivity index (χ3v) is 3.72. The van der Waals surface area contributed by atoms with E-state index in [1.807, 2.05) is 18.2 Å². The van der Waals surface area contributed by atoms with E-state index >= 15 is 0 Å². The number of carbonyl (C=O) groups is 1. The van der Waals surface area contributed by atoms with E-state index in [-0.39, 0.29) is 6.54 Å². The molecular formula is C12H15NO4S. The molecule has 0 aliphatic rings. The Hall–Kier alpha value is -1.66. The van der Waals surface area contributed by atoms with E-state index in [2.05, 4.69) is 4.74 Å². The van der Waals surface area contributed by atoms with Gasteiger partial charge in [0, 0.05) is 12.5 Å². The summed E-state index contributed by atoms with van der Waals surface area (Å²) >= 11 is 0. The molecule has 0 saturated heterocycles. The number of sulfonamides is 1. The predicted octanol–water partition coefficient (Wildman–Crippen LogP) is 1.09. The quantitative estimate of drug-likeness (QED) is 0.751. The predicted molar refractivity (Wildman–Crippen MR) is 69.0 cm³/mol. The lowest BCUT2D eigenvalue weighted by atomic mass is 10.2. The molecule has 0 amide bonds. The molecule has 0 aromatic heterocycles. The van der Waals surface area contributed by atoms with Gasteiger partial charge >= 0.3 is 5.97 Å². The fourth-order valence-electron chi connectivity index (χ4n) is 1.17. The van der Waals surface area contributed by atoms with Crippen LogP contribution in [-0.4, -0.2) is 39.4 Å². The molecule has 1 aromatic rings. The number of nitrogens with zero attached hydrogens (tertiary/aromatic N) is 1. The first-order chi connectivity index (χ1) is 8.45. The smallest absolute Gasteiger partial charge is 0.321 e. The van der Waals surface area contributed by atoms with Crippen LogP contribution in [0.15, 0.2) is 35.7 Å².